The van der Waals surface area contributed by atoms with Crippen LogP contribution in [0.1, 0.15) is 38.7 Å². The number of amides is 1. The van der Waals surface area contributed by atoms with Gasteiger partial charge in [-0.25, -0.2) is 4.79 Å². The topological polar surface area (TPSA) is 98.4 Å². The van der Waals surface area contributed by atoms with Crippen molar-refractivity contribution in [1.29, 1.82) is 0 Å². The maximum Gasteiger partial charge on any atom is 0.336 e. The molecule has 2 aliphatic rings. The first-order valence-electron chi connectivity index (χ1n) is 13.0. The standard InChI is InChI=1S/C17H19NO3.C14H14O4/c19-17(18-10-4-1-5-11-18)7-3-2-6-14-8-9-15-16(12-14)21-13-20-15;1-9(2)5-6-17-13-8-12-10(7-11(13)15)3-4-14(16)18-12/h2-3,6-9,12H,1,4-5,10-11,13H2;3-5,7-8,15H,6H2,1-2H3. The Bertz CT molecular complexity index is 1440. The van der Waals surface area contributed by atoms with E-state index in [0.717, 1.165) is 48.6 Å². The smallest absolute Gasteiger partial charge is 0.336 e. The Morgan fingerprint density at radius 3 is 2.59 bits per heavy atom. The molecule has 1 N–H and O–H groups in total. The van der Waals surface area contributed by atoms with E-state index >= 15 is 0 Å². The summed E-state index contributed by atoms with van der Waals surface area (Å²) in [6.45, 7) is 6.33. The second kappa shape index (κ2) is 13.4. The zero-order chi connectivity index (χ0) is 27.6. The summed E-state index contributed by atoms with van der Waals surface area (Å²) in [6, 6.07) is 11.7. The second-order valence-corrected chi connectivity index (χ2v) is 9.42. The summed E-state index contributed by atoms with van der Waals surface area (Å²) in [6.07, 6.45) is 12.6. The number of fused-ring (bicyclic) bond motifs is 2. The zero-order valence-corrected chi connectivity index (χ0v) is 22.2. The highest BCUT2D eigenvalue weighted by molar-refractivity contribution is 5.88. The normalized spacial score (nSPS) is 14.4. The van der Waals surface area contributed by atoms with Gasteiger partial charge in [-0.05, 0) is 69.0 Å². The number of hydrogen-bond acceptors (Lipinski definition) is 7. The van der Waals surface area contributed by atoms with Crippen LogP contribution in [0.5, 0.6) is 23.0 Å². The molecule has 0 bridgehead atoms. The van der Waals surface area contributed by atoms with Crippen molar-refractivity contribution in [3.05, 3.63) is 88.3 Å². The van der Waals surface area contributed by atoms with Gasteiger partial charge < -0.3 is 28.6 Å². The third kappa shape index (κ3) is 8.01. The van der Waals surface area contributed by atoms with Crippen LogP contribution in [0.25, 0.3) is 17.0 Å². The molecule has 3 heterocycles. The first-order valence-corrected chi connectivity index (χ1v) is 13.0. The number of rotatable bonds is 6. The molecule has 0 radical (unpaired) electrons. The van der Waals surface area contributed by atoms with Gasteiger partial charge in [-0.2, -0.15) is 0 Å². The van der Waals surface area contributed by atoms with E-state index in [1.807, 2.05) is 55.2 Å². The number of benzene rings is 2. The van der Waals surface area contributed by atoms with Crippen LogP contribution in [-0.4, -0.2) is 42.4 Å². The van der Waals surface area contributed by atoms with Gasteiger partial charge in [-0.3, -0.25) is 4.79 Å². The Labute approximate surface area is 227 Å². The second-order valence-electron chi connectivity index (χ2n) is 9.42. The maximum atomic E-state index is 11.9. The molecule has 2 aliphatic heterocycles. The molecule has 0 atom stereocenters. The average Bonchev–Trinajstić information content (AvgIpc) is 3.40. The van der Waals surface area contributed by atoms with E-state index in [0.29, 0.717) is 23.3 Å². The largest absolute Gasteiger partial charge is 0.504 e. The van der Waals surface area contributed by atoms with Gasteiger partial charge in [0.15, 0.2) is 23.0 Å². The maximum absolute atomic E-state index is 11.9. The highest BCUT2D eigenvalue weighted by atomic mass is 16.7. The molecule has 0 saturated carbocycles. The van der Waals surface area contributed by atoms with Crippen molar-refractivity contribution >= 4 is 23.0 Å². The number of likely N-dealkylation sites (tertiary alicyclic amines) is 1. The van der Waals surface area contributed by atoms with Gasteiger partial charge in [0.05, 0.1) is 0 Å². The molecule has 39 heavy (non-hydrogen) atoms. The summed E-state index contributed by atoms with van der Waals surface area (Å²) in [5.41, 5.74) is 2.12. The van der Waals surface area contributed by atoms with E-state index in [2.05, 4.69) is 0 Å². The molecule has 1 fully saturated rings. The third-order valence-corrected chi connectivity index (χ3v) is 6.13. The molecular formula is C31H33NO7. The van der Waals surface area contributed by atoms with Crippen LogP contribution in [0.4, 0.5) is 0 Å². The molecule has 8 heteroatoms. The molecule has 3 aromatic rings. The minimum Gasteiger partial charge on any atom is -0.504 e. The average molecular weight is 532 g/mol. The Morgan fingerprint density at radius 2 is 1.79 bits per heavy atom. The predicted molar refractivity (Wildman–Crippen MR) is 150 cm³/mol. The van der Waals surface area contributed by atoms with Gasteiger partial charge >= 0.3 is 5.63 Å². The lowest BCUT2D eigenvalue weighted by Crippen LogP contribution is -2.34. The van der Waals surface area contributed by atoms with Crippen LogP contribution in [0.15, 0.2) is 81.6 Å². The molecule has 1 amide bonds. The number of ether oxygens (including phenoxy) is 3. The van der Waals surface area contributed by atoms with Gasteiger partial charge in [-0.1, -0.05) is 29.9 Å². The lowest BCUT2D eigenvalue weighted by molar-refractivity contribution is -0.126. The quantitative estimate of drug-likeness (QED) is 0.185. The SMILES string of the molecule is CC(C)=CCOc1cc2oc(=O)ccc2cc1O.O=C(C=CC=Cc1ccc2c(c1)OCO2)N1CCCCC1. The van der Waals surface area contributed by atoms with Crippen LogP contribution in [0.2, 0.25) is 0 Å². The minimum absolute atomic E-state index is 0.0264. The van der Waals surface area contributed by atoms with E-state index in [1.54, 1.807) is 18.2 Å². The monoisotopic (exact) mass is 531 g/mol. The van der Waals surface area contributed by atoms with Crippen LogP contribution in [0.3, 0.4) is 0 Å². The molecule has 5 rings (SSSR count). The fraction of sp³-hybridized carbons (Fsp3) is 0.290. The molecule has 0 aliphatic carbocycles. The van der Waals surface area contributed by atoms with E-state index in [-0.39, 0.29) is 18.4 Å². The highest BCUT2D eigenvalue weighted by Gasteiger charge is 2.14. The number of phenols is 1. The molecule has 0 unspecified atom stereocenters. The number of piperidine rings is 1. The van der Waals surface area contributed by atoms with Crippen molar-refractivity contribution in [1.82, 2.24) is 4.90 Å². The van der Waals surface area contributed by atoms with Crippen molar-refractivity contribution in [2.24, 2.45) is 0 Å². The summed E-state index contributed by atoms with van der Waals surface area (Å²) in [7, 11) is 0. The molecule has 1 saturated heterocycles. The van der Waals surface area contributed by atoms with E-state index < -0.39 is 5.63 Å². The Morgan fingerprint density at radius 1 is 1.00 bits per heavy atom. The summed E-state index contributed by atoms with van der Waals surface area (Å²) < 4.78 is 21.0. The van der Waals surface area contributed by atoms with Crippen LogP contribution in [0, 0.1) is 0 Å². The van der Waals surface area contributed by atoms with Crippen molar-refractivity contribution in [3.63, 3.8) is 0 Å². The predicted octanol–water partition coefficient (Wildman–Crippen LogP) is 5.84. The Balaban J connectivity index is 0.000000183. The highest BCUT2D eigenvalue weighted by Crippen LogP contribution is 2.33. The summed E-state index contributed by atoms with van der Waals surface area (Å²) in [5, 5.41) is 10.4. The molecular weight excluding hydrogens is 498 g/mol. The van der Waals surface area contributed by atoms with Crippen LogP contribution < -0.4 is 19.8 Å². The fourth-order valence-electron chi connectivity index (χ4n) is 4.04. The molecule has 0 spiro atoms. The Kier molecular flexibility index (Phi) is 9.45. The molecule has 204 valence electrons. The molecule has 2 aromatic carbocycles. The number of nitrogens with zero attached hydrogens (tertiary/aromatic N) is 1. The van der Waals surface area contributed by atoms with Crippen molar-refractivity contribution in [2.75, 3.05) is 26.5 Å². The Hall–Kier alpha value is -4.46. The first kappa shape index (κ1) is 27.6. The summed E-state index contributed by atoms with van der Waals surface area (Å²) in [5.74, 6) is 1.98. The van der Waals surface area contributed by atoms with Crippen molar-refractivity contribution in [2.45, 2.75) is 33.1 Å². The number of carbonyl (C=O) groups is 1. The van der Waals surface area contributed by atoms with E-state index in [9.17, 15) is 14.7 Å². The van der Waals surface area contributed by atoms with Gasteiger partial charge in [0.25, 0.3) is 0 Å². The van der Waals surface area contributed by atoms with Gasteiger partial charge in [0.2, 0.25) is 12.7 Å². The number of carbonyl (C=O) groups excluding carboxylic acids is 1. The lowest BCUT2D eigenvalue weighted by Gasteiger charge is -2.25. The summed E-state index contributed by atoms with van der Waals surface area (Å²) >= 11 is 0. The number of hydrogen-bond donors (Lipinski definition) is 1. The van der Waals surface area contributed by atoms with Crippen LogP contribution >= 0.6 is 0 Å². The lowest BCUT2D eigenvalue weighted by atomic mass is 10.1. The molecule has 8 nitrogen and oxygen atoms in total. The third-order valence-electron chi connectivity index (χ3n) is 6.13. The molecule has 1 aromatic heterocycles. The number of aromatic hydroxyl groups is 1. The van der Waals surface area contributed by atoms with Crippen LogP contribution in [-0.2, 0) is 4.79 Å². The first-order chi connectivity index (χ1) is 18.9. The van der Waals surface area contributed by atoms with E-state index in [1.165, 1.54) is 24.6 Å². The zero-order valence-electron chi connectivity index (χ0n) is 22.2. The fourth-order valence-corrected chi connectivity index (χ4v) is 4.04. The number of allylic oxidation sites excluding steroid dienone is 3. The van der Waals surface area contributed by atoms with Crippen molar-refractivity contribution in [3.8, 4) is 23.0 Å². The number of phenolic OH excluding ortho intramolecular Hbond substituents is 1. The van der Waals surface area contributed by atoms with Gasteiger partial charge in [0.1, 0.15) is 12.2 Å². The van der Waals surface area contributed by atoms with Gasteiger partial charge in [-0.15, -0.1) is 0 Å². The summed E-state index contributed by atoms with van der Waals surface area (Å²) in [4.78, 5) is 24.9. The van der Waals surface area contributed by atoms with Gasteiger partial charge in [0, 0.05) is 36.7 Å². The van der Waals surface area contributed by atoms with E-state index in [4.69, 9.17) is 18.6 Å². The van der Waals surface area contributed by atoms with Crippen molar-refractivity contribution < 1.29 is 28.5 Å². The minimum atomic E-state index is -0.427.